The van der Waals surface area contributed by atoms with E-state index in [1.807, 2.05) is 0 Å². The van der Waals surface area contributed by atoms with Crippen LogP contribution in [0.3, 0.4) is 0 Å². The molecule has 0 aromatic heterocycles. The van der Waals surface area contributed by atoms with E-state index in [9.17, 15) is 14.7 Å². The Labute approximate surface area is 107 Å². The molecule has 3 unspecified atom stereocenters. The molecule has 0 radical (unpaired) electrons. The van der Waals surface area contributed by atoms with E-state index in [0.29, 0.717) is 0 Å². The van der Waals surface area contributed by atoms with Gasteiger partial charge in [-0.05, 0) is 6.92 Å². The number of rotatable bonds is 2. The first kappa shape index (κ1) is 14.4. The van der Waals surface area contributed by atoms with E-state index in [1.54, 1.807) is 6.92 Å². The van der Waals surface area contributed by atoms with Crippen molar-refractivity contribution in [3.05, 3.63) is 0 Å². The summed E-state index contributed by atoms with van der Waals surface area (Å²) in [5.74, 6) is -1.10. The highest BCUT2D eigenvalue weighted by molar-refractivity contribution is 9.09. The average molecular weight is 311 g/mol. The second-order valence-electron chi connectivity index (χ2n) is 3.83. The van der Waals surface area contributed by atoms with Crippen LogP contribution >= 0.6 is 15.9 Å². The third-order valence-corrected chi connectivity index (χ3v) is 3.09. The predicted octanol–water partition coefficient (Wildman–Crippen LogP) is 0.350. The topological polar surface area (TPSA) is 82.1 Å². The maximum Gasteiger partial charge on any atom is 0.303 e. The van der Waals surface area contributed by atoms with Gasteiger partial charge in [-0.2, -0.15) is 0 Å². The third kappa shape index (κ3) is 3.65. The van der Waals surface area contributed by atoms with Crippen LogP contribution in [0.4, 0.5) is 0 Å². The fourth-order valence-corrected chi connectivity index (χ4v) is 2.36. The molecular formula is C10H15BrO6. The van der Waals surface area contributed by atoms with Gasteiger partial charge in [0.1, 0.15) is 6.10 Å². The smallest absolute Gasteiger partial charge is 0.303 e. The molecule has 0 aromatic rings. The van der Waals surface area contributed by atoms with Gasteiger partial charge in [-0.15, -0.1) is 0 Å². The first-order valence-electron chi connectivity index (χ1n) is 5.15. The van der Waals surface area contributed by atoms with Crippen LogP contribution in [0.25, 0.3) is 0 Å². The molecule has 0 aliphatic carbocycles. The standard InChI is InChI=1S/C10H15BrO6/c1-4-7(14)8(16-5(2)12)9(10(11)15-4)17-6(3)13/h4,7-10,14H,1-3H3/t4?,7-,8?,9?,10+/m0/s1. The van der Waals surface area contributed by atoms with Crippen molar-refractivity contribution in [2.24, 2.45) is 0 Å². The SMILES string of the molecule is CC(=O)OC1C(OC(C)=O)[C@H](Br)OC(C)[C@@H]1O. The van der Waals surface area contributed by atoms with E-state index in [-0.39, 0.29) is 0 Å². The molecule has 0 amide bonds. The Morgan fingerprint density at radius 2 is 1.65 bits per heavy atom. The number of alkyl halides is 1. The first-order valence-corrected chi connectivity index (χ1v) is 6.06. The number of halogens is 1. The van der Waals surface area contributed by atoms with Gasteiger partial charge in [0, 0.05) is 13.8 Å². The molecular weight excluding hydrogens is 296 g/mol. The highest BCUT2D eigenvalue weighted by Crippen LogP contribution is 2.29. The van der Waals surface area contributed by atoms with Gasteiger partial charge in [-0.25, -0.2) is 0 Å². The minimum absolute atomic E-state index is 0.532. The third-order valence-electron chi connectivity index (χ3n) is 2.35. The predicted molar refractivity (Wildman–Crippen MR) is 60.4 cm³/mol. The molecule has 98 valence electrons. The van der Waals surface area contributed by atoms with Crippen LogP contribution in [0.1, 0.15) is 20.8 Å². The summed E-state index contributed by atoms with van der Waals surface area (Å²) in [6, 6.07) is 0. The lowest BCUT2D eigenvalue weighted by Crippen LogP contribution is -2.57. The lowest BCUT2D eigenvalue weighted by atomic mass is 10.0. The highest BCUT2D eigenvalue weighted by Gasteiger charge is 2.46. The Hall–Kier alpha value is -0.660. The summed E-state index contributed by atoms with van der Waals surface area (Å²) < 4.78 is 15.3. The summed E-state index contributed by atoms with van der Waals surface area (Å²) in [6.45, 7) is 4.09. The molecule has 1 rings (SSSR count). The quantitative estimate of drug-likeness (QED) is 0.585. The molecule has 1 aliphatic rings. The van der Waals surface area contributed by atoms with Crippen molar-refractivity contribution in [3.63, 3.8) is 0 Å². The zero-order valence-corrected chi connectivity index (χ0v) is 11.3. The number of carbonyl (C=O) groups excluding carboxylic acids is 2. The monoisotopic (exact) mass is 310 g/mol. The number of aliphatic hydroxyl groups excluding tert-OH is 1. The van der Waals surface area contributed by atoms with Crippen molar-refractivity contribution < 1.29 is 28.9 Å². The van der Waals surface area contributed by atoms with Gasteiger partial charge in [0.25, 0.3) is 0 Å². The van der Waals surface area contributed by atoms with Crippen molar-refractivity contribution in [1.82, 2.24) is 0 Å². The summed E-state index contributed by atoms with van der Waals surface area (Å²) in [6.07, 6.45) is -3.39. The minimum atomic E-state index is -1.04. The fourth-order valence-electron chi connectivity index (χ4n) is 1.61. The number of aliphatic hydroxyl groups is 1. The molecule has 7 heteroatoms. The Bertz CT molecular complexity index is 307. The van der Waals surface area contributed by atoms with Gasteiger partial charge in [-0.3, -0.25) is 9.59 Å². The maximum atomic E-state index is 11.0. The molecule has 6 nitrogen and oxygen atoms in total. The maximum absolute atomic E-state index is 11.0. The van der Waals surface area contributed by atoms with Crippen LogP contribution < -0.4 is 0 Å². The minimum Gasteiger partial charge on any atom is -0.456 e. The second-order valence-corrected chi connectivity index (χ2v) is 4.73. The Kier molecular flexibility index (Phi) is 4.91. The Balaban J connectivity index is 2.86. The normalized spacial score (nSPS) is 37.4. The lowest BCUT2D eigenvalue weighted by Gasteiger charge is -2.40. The lowest BCUT2D eigenvalue weighted by molar-refractivity contribution is -0.219. The average Bonchev–Trinajstić information content (AvgIpc) is 2.19. The van der Waals surface area contributed by atoms with Gasteiger partial charge >= 0.3 is 11.9 Å². The van der Waals surface area contributed by atoms with Crippen molar-refractivity contribution in [3.8, 4) is 0 Å². The molecule has 1 N–H and O–H groups in total. The number of carbonyl (C=O) groups is 2. The molecule has 0 bridgehead atoms. The molecule has 1 fully saturated rings. The zero-order chi connectivity index (χ0) is 13.2. The van der Waals surface area contributed by atoms with Crippen molar-refractivity contribution in [2.75, 3.05) is 0 Å². The van der Waals surface area contributed by atoms with E-state index < -0.39 is 41.4 Å². The van der Waals surface area contributed by atoms with Crippen molar-refractivity contribution in [2.45, 2.75) is 50.2 Å². The van der Waals surface area contributed by atoms with Gasteiger partial charge in [0.15, 0.2) is 17.2 Å². The zero-order valence-electron chi connectivity index (χ0n) is 9.75. The van der Waals surface area contributed by atoms with Crippen LogP contribution in [0.2, 0.25) is 0 Å². The molecule has 1 heterocycles. The largest absolute Gasteiger partial charge is 0.456 e. The molecule has 0 aromatic carbocycles. The summed E-state index contributed by atoms with van der Waals surface area (Å²) in [5.41, 5.74) is 0. The summed E-state index contributed by atoms with van der Waals surface area (Å²) in [5, 5.41) is 9.24. The van der Waals surface area contributed by atoms with Gasteiger partial charge in [0.2, 0.25) is 0 Å². The van der Waals surface area contributed by atoms with Crippen molar-refractivity contribution in [1.29, 1.82) is 0 Å². The Morgan fingerprint density at radius 3 is 2.12 bits per heavy atom. The van der Waals surface area contributed by atoms with Gasteiger partial charge in [-0.1, -0.05) is 15.9 Å². The van der Waals surface area contributed by atoms with E-state index in [4.69, 9.17) is 14.2 Å². The van der Waals surface area contributed by atoms with E-state index in [1.165, 1.54) is 13.8 Å². The van der Waals surface area contributed by atoms with Crippen LogP contribution in [-0.4, -0.2) is 46.5 Å². The van der Waals surface area contributed by atoms with Gasteiger partial charge < -0.3 is 19.3 Å². The number of hydrogen-bond donors (Lipinski definition) is 1. The summed E-state index contributed by atoms with van der Waals surface area (Å²) in [4.78, 5) is 21.9. The van der Waals surface area contributed by atoms with Crippen LogP contribution in [0, 0.1) is 0 Å². The highest BCUT2D eigenvalue weighted by atomic mass is 79.9. The summed E-state index contributed by atoms with van der Waals surface area (Å²) in [7, 11) is 0. The van der Waals surface area contributed by atoms with E-state index in [2.05, 4.69) is 15.9 Å². The molecule has 17 heavy (non-hydrogen) atoms. The van der Waals surface area contributed by atoms with E-state index in [0.717, 1.165) is 0 Å². The summed E-state index contributed by atoms with van der Waals surface area (Å²) >= 11 is 3.18. The number of ether oxygens (including phenoxy) is 3. The van der Waals surface area contributed by atoms with Crippen LogP contribution in [0.5, 0.6) is 0 Å². The first-order chi connectivity index (χ1) is 7.82. The van der Waals surface area contributed by atoms with Crippen LogP contribution in [-0.2, 0) is 23.8 Å². The van der Waals surface area contributed by atoms with E-state index >= 15 is 0 Å². The fraction of sp³-hybridized carbons (Fsp3) is 0.800. The molecule has 5 atom stereocenters. The molecule has 1 saturated heterocycles. The van der Waals surface area contributed by atoms with Gasteiger partial charge in [0.05, 0.1) is 6.10 Å². The Morgan fingerprint density at radius 1 is 1.18 bits per heavy atom. The second kappa shape index (κ2) is 5.79. The number of esters is 2. The molecule has 0 spiro atoms. The van der Waals surface area contributed by atoms with Crippen LogP contribution in [0.15, 0.2) is 0 Å². The molecule has 0 saturated carbocycles. The van der Waals surface area contributed by atoms with Crippen molar-refractivity contribution >= 4 is 27.9 Å². The number of hydrogen-bond acceptors (Lipinski definition) is 6. The molecule has 1 aliphatic heterocycles.